The first-order chi connectivity index (χ1) is 17.9. The molecule has 6 rings (SSSR count). The normalized spacial score (nSPS) is 19.5. The third kappa shape index (κ3) is 5.30. The number of aromatic nitrogens is 3. The van der Waals surface area contributed by atoms with E-state index >= 15 is 0 Å². The monoisotopic (exact) mass is 502 g/mol. The van der Waals surface area contributed by atoms with E-state index in [0.29, 0.717) is 17.5 Å². The number of carbonyl (C=O) groups excluding carboxylic acids is 1. The van der Waals surface area contributed by atoms with Gasteiger partial charge in [-0.05, 0) is 107 Å². The fourth-order valence-corrected chi connectivity index (χ4v) is 5.77. The molecule has 37 heavy (non-hydrogen) atoms. The van der Waals surface area contributed by atoms with E-state index in [1.54, 1.807) is 4.57 Å². The first kappa shape index (κ1) is 24.6. The minimum atomic E-state index is -0.560. The lowest BCUT2D eigenvalue weighted by molar-refractivity contribution is 0.0543. The SMILES string of the molecule is CC(C)(C)OC(=O)n1cc(C2CC2)c2cc(-c3ccc(C4CCOCC4)c(CN4CCCC4)n3)cnc21. The molecule has 0 bridgehead atoms. The van der Waals surface area contributed by atoms with Crippen LogP contribution in [0, 0.1) is 0 Å². The Balaban J connectivity index is 1.38. The predicted octanol–water partition coefficient (Wildman–Crippen LogP) is 6.25. The highest BCUT2D eigenvalue weighted by atomic mass is 16.6. The van der Waals surface area contributed by atoms with Gasteiger partial charge in [0.05, 0.1) is 11.4 Å². The number of hydrogen-bond donors (Lipinski definition) is 0. The van der Waals surface area contributed by atoms with Crippen LogP contribution in [0.4, 0.5) is 4.79 Å². The average Bonchev–Trinajstić information content (AvgIpc) is 3.45. The van der Waals surface area contributed by atoms with E-state index in [1.807, 2.05) is 33.2 Å². The molecule has 3 aromatic heterocycles. The Morgan fingerprint density at radius 3 is 2.49 bits per heavy atom. The fourth-order valence-electron chi connectivity index (χ4n) is 5.77. The maximum absolute atomic E-state index is 13.0. The molecule has 0 N–H and O–H groups in total. The molecule has 1 aliphatic carbocycles. The molecule has 0 amide bonds. The van der Waals surface area contributed by atoms with Gasteiger partial charge in [-0.25, -0.2) is 14.3 Å². The first-order valence-electron chi connectivity index (χ1n) is 13.9. The van der Waals surface area contributed by atoms with Crippen LogP contribution in [0.1, 0.15) is 88.0 Å². The zero-order chi connectivity index (χ0) is 25.6. The van der Waals surface area contributed by atoms with Gasteiger partial charge in [0.25, 0.3) is 0 Å². The Morgan fingerprint density at radius 2 is 1.78 bits per heavy atom. The number of hydrogen-bond acceptors (Lipinski definition) is 6. The van der Waals surface area contributed by atoms with Crippen LogP contribution in [0.3, 0.4) is 0 Å². The highest BCUT2D eigenvalue weighted by Crippen LogP contribution is 2.44. The molecule has 0 atom stereocenters. The van der Waals surface area contributed by atoms with Gasteiger partial charge >= 0.3 is 6.09 Å². The largest absolute Gasteiger partial charge is 0.443 e. The molecule has 7 nitrogen and oxygen atoms in total. The third-order valence-electron chi connectivity index (χ3n) is 7.82. The van der Waals surface area contributed by atoms with Crippen LogP contribution in [0.2, 0.25) is 0 Å². The Bertz CT molecular complexity index is 1290. The van der Waals surface area contributed by atoms with Gasteiger partial charge in [0.15, 0.2) is 0 Å². The third-order valence-corrected chi connectivity index (χ3v) is 7.82. The van der Waals surface area contributed by atoms with Gasteiger partial charge in [-0.1, -0.05) is 6.07 Å². The lowest BCUT2D eigenvalue weighted by atomic mass is 9.90. The zero-order valence-corrected chi connectivity index (χ0v) is 22.3. The van der Waals surface area contributed by atoms with Gasteiger partial charge < -0.3 is 9.47 Å². The summed E-state index contributed by atoms with van der Waals surface area (Å²) in [6.07, 6.45) is 10.4. The van der Waals surface area contributed by atoms with Gasteiger partial charge in [0.2, 0.25) is 0 Å². The standard InChI is InChI=1S/C30H38N4O3/c1-30(2,3)37-29(35)34-18-25(20-6-7-20)24-16-22(17-31-28(24)34)26-9-8-23(21-10-14-36-15-11-21)27(32-26)19-33-12-4-5-13-33/h8-9,16-18,20-21H,4-7,10-15,19H2,1-3H3. The van der Waals surface area contributed by atoms with Crippen LogP contribution < -0.4 is 0 Å². The summed E-state index contributed by atoms with van der Waals surface area (Å²) in [5.74, 6) is 0.996. The molecule has 3 aromatic rings. The molecule has 0 aromatic carbocycles. The van der Waals surface area contributed by atoms with Gasteiger partial charge in [-0.15, -0.1) is 0 Å². The molecule has 0 radical (unpaired) electrons. The Kier molecular flexibility index (Phi) is 6.53. The molecule has 0 spiro atoms. The number of carbonyl (C=O) groups is 1. The molecule has 0 unspecified atom stereocenters. The summed E-state index contributed by atoms with van der Waals surface area (Å²) in [4.78, 5) is 25.5. The van der Waals surface area contributed by atoms with E-state index in [9.17, 15) is 4.79 Å². The summed E-state index contributed by atoms with van der Waals surface area (Å²) in [7, 11) is 0. The van der Waals surface area contributed by atoms with E-state index < -0.39 is 5.60 Å². The number of fused-ring (bicyclic) bond motifs is 1. The van der Waals surface area contributed by atoms with Crippen molar-refractivity contribution in [3.63, 3.8) is 0 Å². The summed E-state index contributed by atoms with van der Waals surface area (Å²) >= 11 is 0. The van der Waals surface area contributed by atoms with E-state index in [4.69, 9.17) is 19.4 Å². The topological polar surface area (TPSA) is 69.5 Å². The summed E-state index contributed by atoms with van der Waals surface area (Å²) in [5.41, 5.74) is 5.81. The molecule has 196 valence electrons. The summed E-state index contributed by atoms with van der Waals surface area (Å²) in [6, 6.07) is 6.62. The van der Waals surface area contributed by atoms with E-state index in [-0.39, 0.29) is 6.09 Å². The van der Waals surface area contributed by atoms with Crippen LogP contribution in [0.15, 0.2) is 30.6 Å². The molecule has 2 saturated heterocycles. The number of rotatable bonds is 5. The van der Waals surface area contributed by atoms with Crippen LogP contribution in [0.5, 0.6) is 0 Å². The number of ether oxygens (including phenoxy) is 2. The fraction of sp³-hybridized carbons (Fsp3) is 0.567. The Hall–Kier alpha value is -2.77. The molecule has 7 heteroatoms. The van der Waals surface area contributed by atoms with Gasteiger partial charge in [-0.2, -0.15) is 0 Å². The highest BCUT2D eigenvalue weighted by Gasteiger charge is 2.30. The van der Waals surface area contributed by atoms with Crippen LogP contribution in [0.25, 0.3) is 22.3 Å². The maximum atomic E-state index is 13.0. The van der Waals surface area contributed by atoms with Crippen LogP contribution in [-0.2, 0) is 16.0 Å². The summed E-state index contributed by atoms with van der Waals surface area (Å²) in [6.45, 7) is 10.5. The van der Waals surface area contributed by atoms with Gasteiger partial charge in [-0.3, -0.25) is 9.88 Å². The predicted molar refractivity (Wildman–Crippen MR) is 144 cm³/mol. The minimum absolute atomic E-state index is 0.378. The molecule has 3 aliphatic rings. The van der Waals surface area contributed by atoms with E-state index in [1.165, 1.54) is 29.7 Å². The highest BCUT2D eigenvalue weighted by molar-refractivity contribution is 5.92. The quantitative estimate of drug-likeness (QED) is 0.411. The number of likely N-dealkylation sites (tertiary alicyclic amines) is 1. The molecular formula is C30H38N4O3. The molecule has 2 aliphatic heterocycles. The van der Waals surface area contributed by atoms with Crippen LogP contribution >= 0.6 is 0 Å². The summed E-state index contributed by atoms with van der Waals surface area (Å²) in [5, 5.41) is 1.03. The Morgan fingerprint density at radius 1 is 1.05 bits per heavy atom. The smallest absolute Gasteiger partial charge is 0.420 e. The Labute approximate surface area is 219 Å². The van der Waals surface area contributed by atoms with E-state index in [2.05, 4.69) is 23.1 Å². The lowest BCUT2D eigenvalue weighted by Gasteiger charge is -2.26. The molecule has 1 saturated carbocycles. The maximum Gasteiger partial charge on any atom is 0.420 e. The molecule has 3 fully saturated rings. The lowest BCUT2D eigenvalue weighted by Crippen LogP contribution is -2.26. The van der Waals surface area contributed by atoms with Crippen molar-refractivity contribution in [3.8, 4) is 11.3 Å². The van der Waals surface area contributed by atoms with Crippen molar-refractivity contribution in [3.05, 3.63) is 47.4 Å². The van der Waals surface area contributed by atoms with Crippen LogP contribution in [-0.4, -0.2) is 57.4 Å². The van der Waals surface area contributed by atoms with E-state index in [0.717, 1.165) is 75.2 Å². The van der Waals surface area contributed by atoms with Crippen molar-refractivity contribution in [1.82, 2.24) is 19.4 Å². The van der Waals surface area contributed by atoms with Crippen molar-refractivity contribution in [2.45, 2.75) is 83.3 Å². The second-order valence-electron chi connectivity index (χ2n) is 11.9. The van der Waals surface area contributed by atoms with Crippen molar-refractivity contribution in [1.29, 1.82) is 0 Å². The van der Waals surface area contributed by atoms with Crippen molar-refractivity contribution < 1.29 is 14.3 Å². The summed E-state index contributed by atoms with van der Waals surface area (Å²) < 4.78 is 12.9. The number of pyridine rings is 2. The van der Waals surface area contributed by atoms with Crippen molar-refractivity contribution >= 4 is 17.1 Å². The molecule has 5 heterocycles. The second-order valence-corrected chi connectivity index (χ2v) is 11.9. The second kappa shape index (κ2) is 9.84. The van der Waals surface area contributed by atoms with Crippen molar-refractivity contribution in [2.75, 3.05) is 26.3 Å². The first-order valence-corrected chi connectivity index (χ1v) is 13.9. The van der Waals surface area contributed by atoms with Crippen molar-refractivity contribution in [2.24, 2.45) is 0 Å². The number of nitrogens with zero attached hydrogens (tertiary/aromatic N) is 4. The van der Waals surface area contributed by atoms with Gasteiger partial charge in [0.1, 0.15) is 11.2 Å². The average molecular weight is 503 g/mol. The minimum Gasteiger partial charge on any atom is -0.443 e. The molecular weight excluding hydrogens is 464 g/mol. The zero-order valence-electron chi connectivity index (χ0n) is 22.3. The van der Waals surface area contributed by atoms with Gasteiger partial charge in [0, 0.05) is 43.1 Å².